The summed E-state index contributed by atoms with van der Waals surface area (Å²) in [5, 5.41) is 10.6. The van der Waals surface area contributed by atoms with Gasteiger partial charge in [0.1, 0.15) is 5.03 Å². The van der Waals surface area contributed by atoms with E-state index in [2.05, 4.69) is 43.1 Å². The Bertz CT molecular complexity index is 535. The molecule has 0 bridgehead atoms. The molecule has 1 atom stereocenters. The van der Waals surface area contributed by atoms with Gasteiger partial charge in [-0.05, 0) is 36.6 Å². The molecule has 1 aromatic heterocycles. The highest BCUT2D eigenvalue weighted by Crippen LogP contribution is 2.32. The molecule has 2 rings (SSSR count). The summed E-state index contributed by atoms with van der Waals surface area (Å²) in [6.07, 6.45) is 1.27. The highest BCUT2D eigenvalue weighted by molar-refractivity contribution is 7.99. The Hall–Kier alpha value is -1.32. The van der Waals surface area contributed by atoms with Crippen LogP contribution in [0.2, 0.25) is 0 Å². The van der Waals surface area contributed by atoms with E-state index >= 15 is 0 Å². The van der Waals surface area contributed by atoms with Crippen molar-refractivity contribution in [2.24, 2.45) is 0 Å². The van der Waals surface area contributed by atoms with E-state index in [1.807, 2.05) is 12.1 Å². The van der Waals surface area contributed by atoms with Crippen LogP contribution in [0.15, 0.2) is 52.5 Å². The van der Waals surface area contributed by atoms with Gasteiger partial charge in [0.15, 0.2) is 0 Å². The monoisotopic (exact) mass is 273 g/mol. The SMILES string of the molecule is CC(C)c1ccc(Sc2ncccc2[C@H](C)O)cc1. The van der Waals surface area contributed by atoms with E-state index in [1.54, 1.807) is 24.9 Å². The second-order valence-electron chi connectivity index (χ2n) is 4.90. The number of hydrogen-bond donors (Lipinski definition) is 1. The molecule has 19 heavy (non-hydrogen) atoms. The molecule has 0 saturated heterocycles. The maximum Gasteiger partial charge on any atom is 0.106 e. The third-order valence-corrected chi connectivity index (χ3v) is 4.05. The fourth-order valence-electron chi connectivity index (χ4n) is 1.84. The largest absolute Gasteiger partial charge is 0.389 e. The second kappa shape index (κ2) is 6.22. The Morgan fingerprint density at radius 1 is 1.05 bits per heavy atom. The van der Waals surface area contributed by atoms with Crippen LogP contribution in [-0.4, -0.2) is 10.1 Å². The number of nitrogens with zero attached hydrogens (tertiary/aromatic N) is 1. The van der Waals surface area contributed by atoms with Crippen molar-refractivity contribution >= 4 is 11.8 Å². The number of rotatable bonds is 4. The highest BCUT2D eigenvalue weighted by atomic mass is 32.2. The van der Waals surface area contributed by atoms with E-state index in [0.29, 0.717) is 5.92 Å². The van der Waals surface area contributed by atoms with Crippen molar-refractivity contribution in [1.82, 2.24) is 4.98 Å². The summed E-state index contributed by atoms with van der Waals surface area (Å²) in [7, 11) is 0. The van der Waals surface area contributed by atoms with Crippen molar-refractivity contribution in [1.29, 1.82) is 0 Å². The Morgan fingerprint density at radius 3 is 2.32 bits per heavy atom. The highest BCUT2D eigenvalue weighted by Gasteiger charge is 2.10. The van der Waals surface area contributed by atoms with Gasteiger partial charge in [0.2, 0.25) is 0 Å². The molecule has 2 aromatic rings. The maximum atomic E-state index is 9.75. The van der Waals surface area contributed by atoms with Gasteiger partial charge in [-0.1, -0.05) is 43.8 Å². The Balaban J connectivity index is 2.21. The zero-order chi connectivity index (χ0) is 13.8. The molecule has 3 heteroatoms. The average molecular weight is 273 g/mol. The van der Waals surface area contributed by atoms with E-state index in [-0.39, 0.29) is 0 Å². The summed E-state index contributed by atoms with van der Waals surface area (Å²) >= 11 is 1.59. The zero-order valence-electron chi connectivity index (χ0n) is 11.5. The summed E-state index contributed by atoms with van der Waals surface area (Å²) in [4.78, 5) is 5.50. The van der Waals surface area contributed by atoms with Crippen molar-refractivity contribution in [2.45, 2.75) is 42.7 Å². The normalized spacial score (nSPS) is 12.7. The Morgan fingerprint density at radius 2 is 1.74 bits per heavy atom. The topological polar surface area (TPSA) is 33.1 Å². The standard InChI is InChI=1S/C16H19NOS/c1-11(2)13-6-8-14(9-7-13)19-16-15(12(3)18)5-4-10-17-16/h4-12,18H,1-3H3/t12-/m0/s1. The molecule has 0 spiro atoms. The Labute approximate surface area is 118 Å². The predicted octanol–water partition coefficient (Wildman–Crippen LogP) is 4.41. The minimum Gasteiger partial charge on any atom is -0.389 e. The van der Waals surface area contributed by atoms with Crippen molar-refractivity contribution in [3.05, 3.63) is 53.7 Å². The van der Waals surface area contributed by atoms with Gasteiger partial charge in [0.25, 0.3) is 0 Å². The molecule has 0 aliphatic heterocycles. The molecule has 0 saturated carbocycles. The summed E-state index contributed by atoms with van der Waals surface area (Å²) < 4.78 is 0. The number of hydrogen-bond acceptors (Lipinski definition) is 3. The third-order valence-electron chi connectivity index (χ3n) is 3.01. The van der Waals surface area contributed by atoms with Gasteiger partial charge in [0, 0.05) is 16.7 Å². The summed E-state index contributed by atoms with van der Waals surface area (Å²) in [6, 6.07) is 12.3. The molecular weight excluding hydrogens is 254 g/mol. The van der Waals surface area contributed by atoms with Crippen LogP contribution < -0.4 is 0 Å². The Kier molecular flexibility index (Phi) is 4.61. The summed E-state index contributed by atoms with van der Waals surface area (Å²) in [6.45, 7) is 6.14. The maximum absolute atomic E-state index is 9.75. The molecule has 1 N–H and O–H groups in total. The molecule has 100 valence electrons. The lowest BCUT2D eigenvalue weighted by Gasteiger charge is -2.11. The molecule has 0 amide bonds. The number of benzene rings is 1. The molecule has 0 unspecified atom stereocenters. The van der Waals surface area contributed by atoms with Gasteiger partial charge in [-0.3, -0.25) is 0 Å². The van der Waals surface area contributed by atoms with E-state index in [0.717, 1.165) is 15.5 Å². The first-order valence-corrected chi connectivity index (χ1v) is 7.30. The summed E-state index contributed by atoms with van der Waals surface area (Å²) in [5.74, 6) is 0.543. The average Bonchev–Trinajstić information content (AvgIpc) is 2.39. The minimum absolute atomic E-state index is 0.494. The van der Waals surface area contributed by atoms with E-state index < -0.39 is 6.10 Å². The third kappa shape index (κ3) is 3.58. The lowest BCUT2D eigenvalue weighted by atomic mass is 10.0. The van der Waals surface area contributed by atoms with Crippen molar-refractivity contribution in [3.63, 3.8) is 0 Å². The first kappa shape index (κ1) is 14.1. The van der Waals surface area contributed by atoms with Gasteiger partial charge in [-0.2, -0.15) is 0 Å². The minimum atomic E-state index is -0.494. The van der Waals surface area contributed by atoms with Gasteiger partial charge < -0.3 is 5.11 Å². The fourth-order valence-corrected chi connectivity index (χ4v) is 2.80. The van der Waals surface area contributed by atoms with Crippen molar-refractivity contribution in [2.75, 3.05) is 0 Å². The number of aliphatic hydroxyl groups is 1. The molecule has 0 aliphatic rings. The molecule has 2 nitrogen and oxygen atoms in total. The molecule has 0 fully saturated rings. The van der Waals surface area contributed by atoms with Crippen LogP contribution in [0.4, 0.5) is 0 Å². The quantitative estimate of drug-likeness (QED) is 0.895. The van der Waals surface area contributed by atoms with E-state index in [4.69, 9.17) is 0 Å². The van der Waals surface area contributed by atoms with Gasteiger partial charge in [0.05, 0.1) is 6.10 Å². The van der Waals surface area contributed by atoms with Crippen LogP contribution in [0.3, 0.4) is 0 Å². The second-order valence-corrected chi connectivity index (χ2v) is 5.96. The van der Waals surface area contributed by atoms with Crippen LogP contribution >= 0.6 is 11.8 Å². The van der Waals surface area contributed by atoms with Crippen molar-refractivity contribution in [3.8, 4) is 0 Å². The van der Waals surface area contributed by atoms with E-state index in [1.165, 1.54) is 5.56 Å². The van der Waals surface area contributed by atoms with Gasteiger partial charge in [-0.15, -0.1) is 0 Å². The van der Waals surface area contributed by atoms with Gasteiger partial charge in [-0.25, -0.2) is 4.98 Å². The smallest absolute Gasteiger partial charge is 0.106 e. The molecule has 1 aromatic carbocycles. The van der Waals surface area contributed by atoms with Crippen molar-refractivity contribution < 1.29 is 5.11 Å². The molecule has 0 aliphatic carbocycles. The number of aliphatic hydroxyl groups excluding tert-OH is 1. The number of pyridine rings is 1. The molecule has 1 heterocycles. The molecular formula is C16H19NOS. The number of aromatic nitrogens is 1. The first-order chi connectivity index (χ1) is 9.08. The van der Waals surface area contributed by atoms with E-state index in [9.17, 15) is 5.11 Å². The summed E-state index contributed by atoms with van der Waals surface area (Å²) in [5.41, 5.74) is 2.21. The van der Waals surface area contributed by atoms with Gasteiger partial charge >= 0.3 is 0 Å². The zero-order valence-corrected chi connectivity index (χ0v) is 12.3. The van der Waals surface area contributed by atoms with Crippen LogP contribution in [0.25, 0.3) is 0 Å². The van der Waals surface area contributed by atoms with Crippen LogP contribution in [-0.2, 0) is 0 Å². The molecule has 0 radical (unpaired) electrons. The predicted molar refractivity (Wildman–Crippen MR) is 79.5 cm³/mol. The first-order valence-electron chi connectivity index (χ1n) is 6.48. The van der Waals surface area contributed by atoms with Crippen LogP contribution in [0, 0.1) is 0 Å². The fraction of sp³-hybridized carbons (Fsp3) is 0.312. The lowest BCUT2D eigenvalue weighted by molar-refractivity contribution is 0.195. The van der Waals surface area contributed by atoms with Crippen LogP contribution in [0.5, 0.6) is 0 Å². The lowest BCUT2D eigenvalue weighted by Crippen LogP contribution is -1.95. The van der Waals surface area contributed by atoms with Crippen LogP contribution in [0.1, 0.15) is 43.9 Å².